The van der Waals surface area contributed by atoms with Crippen LogP contribution in [0.2, 0.25) is 0 Å². The minimum absolute atomic E-state index is 0.0960. The molecule has 1 heterocycles. The first-order valence-electron chi connectivity index (χ1n) is 13.6. The highest BCUT2D eigenvalue weighted by Crippen LogP contribution is 2.42. The Morgan fingerprint density at radius 3 is 2.42 bits per heavy atom. The number of benzene rings is 2. The van der Waals surface area contributed by atoms with Crippen LogP contribution < -0.4 is 25.5 Å². The van der Waals surface area contributed by atoms with Gasteiger partial charge in [-0.2, -0.15) is 0 Å². The highest BCUT2D eigenvalue weighted by atomic mass is 32.2. The third kappa shape index (κ3) is 8.87. The molecule has 0 aromatic heterocycles. The fraction of sp³-hybridized carbons (Fsp3) is 0.448. The summed E-state index contributed by atoms with van der Waals surface area (Å²) in [5.74, 6) is 0.0495. The second-order valence-electron chi connectivity index (χ2n) is 10.3. The van der Waals surface area contributed by atoms with Crippen LogP contribution in [0.1, 0.15) is 32.3 Å². The number of carbonyl (C=O) groups excluding carboxylic acids is 2. The van der Waals surface area contributed by atoms with Crippen molar-refractivity contribution in [3.63, 3.8) is 0 Å². The summed E-state index contributed by atoms with van der Waals surface area (Å²) < 4.78 is 63.0. The minimum Gasteiger partial charge on any atom is -0.395 e. The SMILES string of the molecule is C#CCCC(=O)N(NC(=O)CNC)C(Cc1ccccc1)[C@H](O)CNC(C(C)C)S(=O)(=O)c1ccc2c(c1)OC(F)(F)O2. The largest absolute Gasteiger partial charge is 0.586 e. The van der Waals surface area contributed by atoms with E-state index in [1.165, 1.54) is 0 Å². The standard InChI is InChI=1S/C29H36F2N4O7S/c1-5-6-12-27(38)35(34-26(37)18-32-4)22(15-20-10-8-7-9-11-20)23(36)17-33-28(19(2)3)43(39,40)21-13-14-24-25(16-21)42-29(30,31)41-24/h1,7-11,13-14,16,19,22-23,28,32-33,36H,6,12,15,17-18H2,2-4H3,(H,34,37)/t22?,23-,28?/m1/s1. The number of hydrogen-bond acceptors (Lipinski definition) is 9. The van der Waals surface area contributed by atoms with E-state index < -0.39 is 57.1 Å². The predicted molar refractivity (Wildman–Crippen MR) is 153 cm³/mol. The van der Waals surface area contributed by atoms with Gasteiger partial charge in [-0.15, -0.1) is 21.1 Å². The molecule has 0 spiro atoms. The summed E-state index contributed by atoms with van der Waals surface area (Å²) in [5, 5.41) is 16.8. The Kier molecular flexibility index (Phi) is 11.5. The summed E-state index contributed by atoms with van der Waals surface area (Å²) in [6.07, 6.45) is 0.155. The van der Waals surface area contributed by atoms with Crippen LogP contribution in [0.4, 0.5) is 8.78 Å². The molecule has 2 amide bonds. The number of aliphatic hydroxyl groups is 1. The molecule has 2 aromatic carbocycles. The van der Waals surface area contributed by atoms with E-state index in [1.807, 2.05) is 0 Å². The molecule has 0 aliphatic carbocycles. The summed E-state index contributed by atoms with van der Waals surface area (Å²) in [4.78, 5) is 25.4. The lowest BCUT2D eigenvalue weighted by Crippen LogP contribution is -2.60. The molecule has 234 valence electrons. The van der Waals surface area contributed by atoms with E-state index in [9.17, 15) is 31.9 Å². The number of hydrogen-bond donors (Lipinski definition) is 4. The van der Waals surface area contributed by atoms with Gasteiger partial charge in [-0.1, -0.05) is 44.2 Å². The number of hydrazine groups is 1. The first-order chi connectivity index (χ1) is 20.3. The van der Waals surface area contributed by atoms with Crippen LogP contribution in [0.5, 0.6) is 11.5 Å². The van der Waals surface area contributed by atoms with E-state index in [1.54, 1.807) is 51.2 Å². The Morgan fingerprint density at radius 2 is 1.79 bits per heavy atom. The van der Waals surface area contributed by atoms with Gasteiger partial charge in [0.05, 0.1) is 23.6 Å². The number of ether oxygens (including phenoxy) is 2. The molecular formula is C29H36F2N4O7S. The lowest BCUT2D eigenvalue weighted by atomic mass is 9.99. The van der Waals surface area contributed by atoms with Gasteiger partial charge >= 0.3 is 6.29 Å². The van der Waals surface area contributed by atoms with Gasteiger partial charge in [0.15, 0.2) is 21.3 Å². The van der Waals surface area contributed by atoms with Crippen molar-refractivity contribution in [1.82, 2.24) is 21.1 Å². The smallest absolute Gasteiger partial charge is 0.395 e. The molecule has 1 aliphatic heterocycles. The zero-order valence-corrected chi connectivity index (χ0v) is 24.9. The lowest BCUT2D eigenvalue weighted by molar-refractivity contribution is -0.286. The molecule has 0 saturated heterocycles. The van der Waals surface area contributed by atoms with Crippen molar-refractivity contribution in [2.45, 2.75) is 61.8 Å². The maximum Gasteiger partial charge on any atom is 0.586 e. The molecule has 3 rings (SSSR count). The van der Waals surface area contributed by atoms with Crippen LogP contribution in [0.3, 0.4) is 0 Å². The molecule has 11 nitrogen and oxygen atoms in total. The van der Waals surface area contributed by atoms with Crippen molar-refractivity contribution in [1.29, 1.82) is 0 Å². The maximum absolute atomic E-state index is 13.6. The van der Waals surface area contributed by atoms with Crippen LogP contribution in [-0.4, -0.2) is 74.3 Å². The number of rotatable bonds is 14. The van der Waals surface area contributed by atoms with E-state index in [-0.39, 0.29) is 43.0 Å². The number of nitrogens with zero attached hydrogens (tertiary/aromatic N) is 1. The topological polar surface area (TPSA) is 146 Å². The van der Waals surface area contributed by atoms with Gasteiger partial charge in [0.25, 0.3) is 5.91 Å². The Balaban J connectivity index is 1.89. The summed E-state index contributed by atoms with van der Waals surface area (Å²) in [5.41, 5.74) is 3.29. The van der Waals surface area contributed by atoms with Gasteiger partial charge in [-0.05, 0) is 37.1 Å². The molecule has 0 bridgehead atoms. The number of alkyl halides is 2. The average Bonchev–Trinajstić information content (AvgIpc) is 3.27. The number of carbonyl (C=O) groups is 2. The van der Waals surface area contributed by atoms with Gasteiger partial charge in [-0.3, -0.25) is 20.3 Å². The van der Waals surface area contributed by atoms with Gasteiger partial charge in [0.1, 0.15) is 5.37 Å². The summed E-state index contributed by atoms with van der Waals surface area (Å²) >= 11 is 0. The third-order valence-electron chi connectivity index (χ3n) is 6.57. The average molecular weight is 623 g/mol. The number of terminal acetylenes is 1. The molecule has 43 heavy (non-hydrogen) atoms. The normalized spacial score (nSPS) is 15.8. The van der Waals surface area contributed by atoms with E-state index >= 15 is 0 Å². The molecule has 1 aliphatic rings. The van der Waals surface area contributed by atoms with Gasteiger partial charge < -0.3 is 19.9 Å². The van der Waals surface area contributed by atoms with Gasteiger partial charge in [0.2, 0.25) is 5.91 Å². The predicted octanol–water partition coefficient (Wildman–Crippen LogP) is 1.82. The van der Waals surface area contributed by atoms with E-state index in [0.29, 0.717) is 0 Å². The molecular weight excluding hydrogens is 586 g/mol. The molecule has 2 unspecified atom stereocenters. The molecule has 0 radical (unpaired) electrons. The van der Waals surface area contributed by atoms with E-state index in [2.05, 4.69) is 31.5 Å². The van der Waals surface area contributed by atoms with Crippen LogP contribution in [0.15, 0.2) is 53.4 Å². The van der Waals surface area contributed by atoms with Crippen molar-refractivity contribution in [3.8, 4) is 23.8 Å². The molecule has 14 heteroatoms. The number of aliphatic hydroxyl groups excluding tert-OH is 1. The maximum atomic E-state index is 13.6. The summed E-state index contributed by atoms with van der Waals surface area (Å²) in [6, 6.07) is 11.1. The lowest BCUT2D eigenvalue weighted by Gasteiger charge is -2.36. The first-order valence-corrected chi connectivity index (χ1v) is 15.1. The second-order valence-corrected chi connectivity index (χ2v) is 12.3. The third-order valence-corrected chi connectivity index (χ3v) is 8.86. The number of amides is 2. The minimum atomic E-state index is -4.20. The zero-order valence-electron chi connectivity index (χ0n) is 24.0. The number of nitrogens with one attached hydrogen (secondary N) is 3. The highest BCUT2D eigenvalue weighted by Gasteiger charge is 2.44. The quantitative estimate of drug-likeness (QED) is 0.183. The summed E-state index contributed by atoms with van der Waals surface area (Å²) in [6.45, 7) is 2.85. The zero-order chi connectivity index (χ0) is 31.8. The Labute approximate surface area is 249 Å². The van der Waals surface area contributed by atoms with Gasteiger partial charge in [0, 0.05) is 25.5 Å². The Hall–Kier alpha value is -3.77. The Bertz CT molecular complexity index is 1420. The molecule has 4 N–H and O–H groups in total. The van der Waals surface area contributed by atoms with Crippen LogP contribution in [0, 0.1) is 18.3 Å². The number of likely N-dealkylation sites (N-methyl/N-ethyl adjacent to an activating group) is 1. The molecule has 2 aromatic rings. The monoisotopic (exact) mass is 622 g/mol. The summed E-state index contributed by atoms with van der Waals surface area (Å²) in [7, 11) is -2.64. The van der Waals surface area contributed by atoms with Crippen molar-refractivity contribution in [2.75, 3.05) is 20.1 Å². The van der Waals surface area contributed by atoms with E-state index in [4.69, 9.17) is 6.42 Å². The molecule has 0 fully saturated rings. The Morgan fingerprint density at radius 1 is 1.12 bits per heavy atom. The van der Waals surface area contributed by atoms with Crippen molar-refractivity contribution in [2.24, 2.45) is 5.92 Å². The fourth-order valence-corrected chi connectivity index (χ4v) is 6.40. The van der Waals surface area contributed by atoms with Crippen LogP contribution >= 0.6 is 0 Å². The van der Waals surface area contributed by atoms with Gasteiger partial charge in [-0.25, -0.2) is 13.4 Å². The fourth-order valence-electron chi connectivity index (χ4n) is 4.55. The number of sulfone groups is 1. The van der Waals surface area contributed by atoms with Crippen LogP contribution in [-0.2, 0) is 25.8 Å². The van der Waals surface area contributed by atoms with Crippen molar-refractivity contribution >= 4 is 21.7 Å². The molecule has 0 saturated carbocycles. The number of halogens is 2. The number of fused-ring (bicyclic) bond motifs is 1. The van der Waals surface area contributed by atoms with Crippen molar-refractivity contribution in [3.05, 3.63) is 54.1 Å². The highest BCUT2D eigenvalue weighted by molar-refractivity contribution is 7.92. The second kappa shape index (κ2) is 14.6. The van der Waals surface area contributed by atoms with Crippen molar-refractivity contribution < 1.29 is 41.4 Å². The van der Waals surface area contributed by atoms with Crippen LogP contribution in [0.25, 0.3) is 0 Å². The first kappa shape index (κ1) is 33.7. The van der Waals surface area contributed by atoms with E-state index in [0.717, 1.165) is 28.8 Å². The molecule has 3 atom stereocenters.